The molecular formula is C6H13B2O. The average Bonchev–Trinajstić information content (AvgIpc) is 1.89. The molecule has 0 aliphatic carbocycles. The van der Waals surface area contributed by atoms with E-state index in [0.717, 1.165) is 12.9 Å². The van der Waals surface area contributed by atoms with Gasteiger partial charge in [-0.15, -0.1) is 0 Å². The Morgan fingerprint density at radius 3 is 2.78 bits per heavy atom. The first-order valence-electron chi connectivity index (χ1n) is 3.40. The lowest BCUT2D eigenvalue weighted by molar-refractivity contribution is 0.0903. The van der Waals surface area contributed by atoms with E-state index in [1.807, 2.05) is 13.7 Å². The summed E-state index contributed by atoms with van der Waals surface area (Å²) in [5, 5.41) is 0. The molecule has 1 nitrogen and oxygen atoms in total. The largest absolute Gasteiger partial charge is 0.380 e. The van der Waals surface area contributed by atoms with Crippen molar-refractivity contribution in [3.63, 3.8) is 0 Å². The van der Waals surface area contributed by atoms with Crippen molar-refractivity contribution >= 4 is 15.1 Å². The zero-order valence-corrected chi connectivity index (χ0v) is 6.26. The second-order valence-electron chi connectivity index (χ2n) is 2.11. The van der Waals surface area contributed by atoms with Crippen LogP contribution in [0.25, 0.3) is 0 Å². The predicted molar refractivity (Wildman–Crippen MR) is 42.4 cm³/mol. The molecule has 0 spiro atoms. The highest BCUT2D eigenvalue weighted by Crippen LogP contribution is 1.95. The van der Waals surface area contributed by atoms with E-state index in [9.17, 15) is 0 Å². The van der Waals surface area contributed by atoms with Crippen LogP contribution in [0.15, 0.2) is 0 Å². The van der Waals surface area contributed by atoms with Gasteiger partial charge in [-0.25, -0.2) is 0 Å². The number of rotatable bonds is 5. The van der Waals surface area contributed by atoms with E-state index in [1.165, 1.54) is 0 Å². The summed E-state index contributed by atoms with van der Waals surface area (Å²) >= 11 is 0. The third-order valence-corrected chi connectivity index (χ3v) is 1.14. The molecule has 1 atom stereocenters. The predicted octanol–water partition coefficient (Wildman–Crippen LogP) is 1.15. The van der Waals surface area contributed by atoms with Crippen LogP contribution in [0, 0.1) is 0 Å². The zero-order valence-electron chi connectivity index (χ0n) is 6.26. The summed E-state index contributed by atoms with van der Waals surface area (Å²) in [7, 11) is 7.41. The molecule has 0 heterocycles. The van der Waals surface area contributed by atoms with E-state index >= 15 is 0 Å². The fourth-order valence-electron chi connectivity index (χ4n) is 0.455. The topological polar surface area (TPSA) is 9.23 Å². The van der Waals surface area contributed by atoms with Gasteiger partial charge in [-0.3, -0.25) is 0 Å². The van der Waals surface area contributed by atoms with Crippen LogP contribution in [-0.2, 0) is 4.74 Å². The lowest BCUT2D eigenvalue weighted by Gasteiger charge is -2.08. The van der Waals surface area contributed by atoms with Crippen LogP contribution in [0.4, 0.5) is 0 Å². The van der Waals surface area contributed by atoms with Crippen molar-refractivity contribution in [1.82, 2.24) is 0 Å². The first-order valence-corrected chi connectivity index (χ1v) is 3.40. The molecule has 0 aromatic carbocycles. The lowest BCUT2D eigenvalue weighted by atomic mass is 9.79. The Hall–Kier alpha value is 0.0899. The van der Waals surface area contributed by atoms with Gasteiger partial charge in [0, 0.05) is 12.7 Å². The molecule has 0 aromatic heterocycles. The molecule has 0 amide bonds. The third kappa shape index (κ3) is 5.97. The smallest absolute Gasteiger partial charge is 0.108 e. The molecule has 3 radical (unpaired) electrons. The van der Waals surface area contributed by atoms with Gasteiger partial charge in [0.1, 0.15) is 7.28 Å². The van der Waals surface area contributed by atoms with Gasteiger partial charge in [0.05, 0.1) is 7.85 Å². The maximum absolute atomic E-state index is 5.32. The fraction of sp³-hybridized carbons (Fsp3) is 1.00. The Balaban J connectivity index is 2.88. The third-order valence-electron chi connectivity index (χ3n) is 1.14. The average molecular weight is 123 g/mol. The quantitative estimate of drug-likeness (QED) is 0.393. The number of hydrogen-bond donors (Lipinski definition) is 0. The minimum absolute atomic E-state index is 0.213. The van der Waals surface area contributed by atoms with Crippen LogP contribution < -0.4 is 0 Å². The molecule has 3 heteroatoms. The highest BCUT2D eigenvalue weighted by molar-refractivity contribution is 6.33. The van der Waals surface area contributed by atoms with E-state index in [0.29, 0.717) is 6.32 Å². The molecule has 0 saturated heterocycles. The Morgan fingerprint density at radius 1 is 1.67 bits per heavy atom. The van der Waals surface area contributed by atoms with Gasteiger partial charge >= 0.3 is 0 Å². The van der Waals surface area contributed by atoms with Crippen molar-refractivity contribution in [2.24, 2.45) is 0 Å². The van der Waals surface area contributed by atoms with Crippen LogP contribution in [0.1, 0.15) is 6.92 Å². The first kappa shape index (κ1) is 9.09. The van der Waals surface area contributed by atoms with E-state index < -0.39 is 0 Å². The van der Waals surface area contributed by atoms with Gasteiger partial charge in [0.15, 0.2) is 0 Å². The molecule has 0 saturated carbocycles. The normalized spacial score (nSPS) is 13.1. The van der Waals surface area contributed by atoms with Crippen molar-refractivity contribution in [3.8, 4) is 0 Å². The van der Waals surface area contributed by atoms with Crippen LogP contribution in [0.3, 0.4) is 0 Å². The summed E-state index contributed by atoms with van der Waals surface area (Å²) in [4.78, 5) is 0. The maximum atomic E-state index is 5.32. The molecule has 0 rings (SSSR count). The summed E-state index contributed by atoms with van der Waals surface area (Å²) in [6.45, 7) is 4.81. The molecule has 0 aliphatic rings. The summed E-state index contributed by atoms with van der Waals surface area (Å²) in [6, 6.07) is 0. The van der Waals surface area contributed by atoms with Crippen molar-refractivity contribution in [1.29, 1.82) is 0 Å². The Bertz CT molecular complexity index is 59.0. The molecule has 0 bridgehead atoms. The van der Waals surface area contributed by atoms with Crippen molar-refractivity contribution in [3.05, 3.63) is 0 Å². The van der Waals surface area contributed by atoms with Crippen molar-refractivity contribution < 1.29 is 4.74 Å². The number of ether oxygens (including phenoxy) is 1. The van der Waals surface area contributed by atoms with E-state index in [4.69, 9.17) is 12.6 Å². The molecule has 0 N–H and O–H groups in total. The Morgan fingerprint density at radius 2 is 2.33 bits per heavy atom. The van der Waals surface area contributed by atoms with Crippen LogP contribution in [0.2, 0.25) is 19.5 Å². The summed E-state index contributed by atoms with van der Waals surface area (Å²) in [5.74, 6) is 0. The monoisotopic (exact) mass is 123 g/mol. The maximum Gasteiger partial charge on any atom is 0.108 e. The van der Waals surface area contributed by atoms with Crippen LogP contribution in [0.5, 0.6) is 0 Å². The summed E-state index contributed by atoms with van der Waals surface area (Å²) in [6.07, 6.45) is 1.85. The zero-order chi connectivity index (χ0) is 7.11. The van der Waals surface area contributed by atoms with E-state index in [1.54, 1.807) is 0 Å². The summed E-state index contributed by atoms with van der Waals surface area (Å²) in [5.41, 5.74) is 0. The van der Waals surface area contributed by atoms with Crippen LogP contribution in [-0.4, -0.2) is 27.8 Å². The molecular weight excluding hydrogens is 110 g/mol. The second-order valence-corrected chi connectivity index (χ2v) is 2.11. The van der Waals surface area contributed by atoms with Gasteiger partial charge < -0.3 is 4.74 Å². The minimum Gasteiger partial charge on any atom is -0.380 e. The molecule has 9 heavy (non-hydrogen) atoms. The molecule has 0 aliphatic heterocycles. The SMILES string of the molecule is [B]CC(C)OCC[B]C. The first-order chi connectivity index (χ1) is 4.31. The molecule has 49 valence electrons. The van der Waals surface area contributed by atoms with Gasteiger partial charge in [-0.05, 0) is 6.92 Å². The van der Waals surface area contributed by atoms with Gasteiger partial charge in [0.25, 0.3) is 0 Å². The van der Waals surface area contributed by atoms with E-state index in [2.05, 4.69) is 7.28 Å². The molecule has 0 fully saturated rings. The van der Waals surface area contributed by atoms with E-state index in [-0.39, 0.29) is 6.10 Å². The lowest BCUT2D eigenvalue weighted by Crippen LogP contribution is -2.08. The highest BCUT2D eigenvalue weighted by atomic mass is 16.5. The Kier molecular flexibility index (Phi) is 6.28. The van der Waals surface area contributed by atoms with Crippen LogP contribution >= 0.6 is 0 Å². The van der Waals surface area contributed by atoms with Gasteiger partial charge in [0.2, 0.25) is 0 Å². The van der Waals surface area contributed by atoms with Crippen molar-refractivity contribution in [2.75, 3.05) is 6.61 Å². The fourth-order valence-corrected chi connectivity index (χ4v) is 0.455. The Labute approximate surface area is 59.8 Å². The van der Waals surface area contributed by atoms with Gasteiger partial charge in [-0.1, -0.05) is 19.5 Å². The number of hydrogen-bond acceptors (Lipinski definition) is 1. The minimum atomic E-state index is 0.213. The second kappa shape index (κ2) is 6.21. The van der Waals surface area contributed by atoms with Crippen molar-refractivity contribution in [2.45, 2.75) is 32.5 Å². The summed E-state index contributed by atoms with van der Waals surface area (Å²) < 4.78 is 5.28. The molecule has 1 unspecified atom stereocenters. The molecule has 0 aromatic rings. The standard InChI is InChI=1S/C6H13B2O/c1-6(5-7)9-4-3-8-2/h6H,3-5H2,1-2H3. The highest BCUT2D eigenvalue weighted by Gasteiger charge is 1.95. The van der Waals surface area contributed by atoms with Gasteiger partial charge in [-0.2, -0.15) is 0 Å².